The standard InChI is InChI=1S/C9H6BrFN2S/c1-5-2-3-6(7(11)4-5)8-12-9(10)13-14-8/h2-4H,1H3. The summed E-state index contributed by atoms with van der Waals surface area (Å²) in [6.45, 7) is 1.85. The molecule has 0 aliphatic carbocycles. The summed E-state index contributed by atoms with van der Waals surface area (Å²) in [6, 6.07) is 5.07. The number of hydrogen-bond acceptors (Lipinski definition) is 3. The van der Waals surface area contributed by atoms with Crippen molar-refractivity contribution in [3.05, 3.63) is 34.3 Å². The highest BCUT2D eigenvalue weighted by Gasteiger charge is 2.09. The molecule has 0 saturated heterocycles. The Morgan fingerprint density at radius 2 is 2.21 bits per heavy atom. The summed E-state index contributed by atoms with van der Waals surface area (Å²) in [4.78, 5) is 4.06. The molecule has 0 saturated carbocycles. The third-order valence-electron chi connectivity index (χ3n) is 1.76. The van der Waals surface area contributed by atoms with E-state index < -0.39 is 0 Å². The molecule has 0 amide bonds. The molecule has 0 N–H and O–H groups in total. The van der Waals surface area contributed by atoms with E-state index in [0.717, 1.165) is 5.56 Å². The van der Waals surface area contributed by atoms with Crippen LogP contribution in [0.15, 0.2) is 22.9 Å². The monoisotopic (exact) mass is 272 g/mol. The van der Waals surface area contributed by atoms with Gasteiger partial charge in [0.15, 0.2) is 0 Å². The predicted octanol–water partition coefficient (Wildman–Crippen LogP) is 3.42. The number of halogens is 2. The summed E-state index contributed by atoms with van der Waals surface area (Å²) >= 11 is 4.31. The van der Waals surface area contributed by atoms with Crippen LogP contribution in [-0.2, 0) is 0 Å². The van der Waals surface area contributed by atoms with E-state index in [1.807, 2.05) is 13.0 Å². The van der Waals surface area contributed by atoms with Gasteiger partial charge in [-0.2, -0.15) is 4.37 Å². The Bertz CT molecular complexity index is 470. The van der Waals surface area contributed by atoms with E-state index in [1.165, 1.54) is 17.6 Å². The number of nitrogens with zero attached hydrogens (tertiary/aromatic N) is 2. The van der Waals surface area contributed by atoms with Crippen LogP contribution in [0.1, 0.15) is 5.56 Å². The lowest BCUT2D eigenvalue weighted by atomic mass is 10.1. The Morgan fingerprint density at radius 1 is 1.43 bits per heavy atom. The first-order valence-corrected chi connectivity index (χ1v) is 5.49. The summed E-state index contributed by atoms with van der Waals surface area (Å²) in [5.74, 6) is -0.256. The largest absolute Gasteiger partial charge is 0.209 e. The summed E-state index contributed by atoms with van der Waals surface area (Å²) in [6.07, 6.45) is 0. The van der Waals surface area contributed by atoms with E-state index in [0.29, 0.717) is 15.3 Å². The Hall–Kier alpha value is -0.810. The SMILES string of the molecule is Cc1ccc(-c2nc(Br)ns2)c(F)c1. The highest BCUT2D eigenvalue weighted by molar-refractivity contribution is 9.10. The topological polar surface area (TPSA) is 25.8 Å². The molecule has 1 aromatic carbocycles. The van der Waals surface area contributed by atoms with Crippen molar-refractivity contribution in [2.24, 2.45) is 0 Å². The van der Waals surface area contributed by atoms with Crippen molar-refractivity contribution >= 4 is 27.5 Å². The van der Waals surface area contributed by atoms with E-state index in [2.05, 4.69) is 25.3 Å². The lowest BCUT2D eigenvalue weighted by Crippen LogP contribution is -1.84. The Morgan fingerprint density at radius 3 is 2.79 bits per heavy atom. The van der Waals surface area contributed by atoms with Crippen molar-refractivity contribution in [1.29, 1.82) is 0 Å². The molecule has 0 aliphatic heterocycles. The van der Waals surface area contributed by atoms with Crippen molar-refractivity contribution < 1.29 is 4.39 Å². The average molecular weight is 273 g/mol. The quantitative estimate of drug-likeness (QED) is 0.795. The maximum atomic E-state index is 13.5. The highest BCUT2D eigenvalue weighted by atomic mass is 79.9. The lowest BCUT2D eigenvalue weighted by molar-refractivity contribution is 0.630. The molecular formula is C9H6BrFN2S. The molecule has 0 fully saturated rings. The second kappa shape index (κ2) is 3.74. The average Bonchev–Trinajstić information content (AvgIpc) is 2.51. The minimum Gasteiger partial charge on any atom is -0.209 e. The van der Waals surface area contributed by atoms with Crippen LogP contribution in [0, 0.1) is 12.7 Å². The zero-order chi connectivity index (χ0) is 10.1. The summed E-state index contributed by atoms with van der Waals surface area (Å²) in [5, 5.41) is 0.592. The van der Waals surface area contributed by atoms with Crippen LogP contribution in [0.4, 0.5) is 4.39 Å². The van der Waals surface area contributed by atoms with Crippen LogP contribution in [0.2, 0.25) is 0 Å². The molecule has 1 aromatic heterocycles. The van der Waals surface area contributed by atoms with Gasteiger partial charge in [0.05, 0.1) is 0 Å². The van der Waals surface area contributed by atoms with Gasteiger partial charge in [0.25, 0.3) is 0 Å². The maximum Gasteiger partial charge on any atom is 0.209 e. The molecule has 0 spiro atoms. The van der Waals surface area contributed by atoms with Gasteiger partial charge >= 0.3 is 0 Å². The zero-order valence-corrected chi connectivity index (χ0v) is 9.69. The number of benzene rings is 1. The van der Waals surface area contributed by atoms with Gasteiger partial charge < -0.3 is 0 Å². The van der Waals surface area contributed by atoms with Gasteiger partial charge in [0.2, 0.25) is 4.73 Å². The fraction of sp³-hybridized carbons (Fsp3) is 0.111. The van der Waals surface area contributed by atoms with E-state index in [4.69, 9.17) is 0 Å². The normalized spacial score (nSPS) is 10.5. The van der Waals surface area contributed by atoms with Crippen molar-refractivity contribution in [2.75, 3.05) is 0 Å². The molecule has 0 bridgehead atoms. The number of hydrogen-bond donors (Lipinski definition) is 0. The lowest BCUT2D eigenvalue weighted by Gasteiger charge is -1.98. The molecule has 2 rings (SSSR count). The smallest absolute Gasteiger partial charge is 0.209 e. The van der Waals surface area contributed by atoms with E-state index in [9.17, 15) is 4.39 Å². The van der Waals surface area contributed by atoms with Crippen LogP contribution in [0.25, 0.3) is 10.6 Å². The van der Waals surface area contributed by atoms with Gasteiger partial charge in [-0.25, -0.2) is 9.37 Å². The Balaban J connectivity index is 2.52. The third kappa shape index (κ3) is 1.83. The first kappa shape index (κ1) is 9.73. The molecule has 5 heteroatoms. The molecule has 0 atom stereocenters. The first-order chi connectivity index (χ1) is 6.66. The number of rotatable bonds is 1. The Labute approximate surface area is 93.1 Å². The van der Waals surface area contributed by atoms with Gasteiger partial charge in [-0.05, 0) is 52.1 Å². The van der Waals surface area contributed by atoms with E-state index in [-0.39, 0.29) is 5.82 Å². The predicted molar refractivity (Wildman–Crippen MR) is 57.7 cm³/mol. The van der Waals surface area contributed by atoms with E-state index in [1.54, 1.807) is 6.07 Å². The molecule has 1 heterocycles. The fourth-order valence-electron chi connectivity index (χ4n) is 1.11. The second-order valence-corrected chi connectivity index (χ2v) is 4.31. The number of aromatic nitrogens is 2. The first-order valence-electron chi connectivity index (χ1n) is 3.92. The van der Waals surface area contributed by atoms with Gasteiger partial charge in [-0.3, -0.25) is 0 Å². The van der Waals surface area contributed by atoms with Gasteiger partial charge in [-0.15, -0.1) is 0 Å². The van der Waals surface area contributed by atoms with E-state index >= 15 is 0 Å². The van der Waals surface area contributed by atoms with Crippen molar-refractivity contribution in [1.82, 2.24) is 9.36 Å². The molecule has 0 aliphatic rings. The van der Waals surface area contributed by atoms with Crippen molar-refractivity contribution in [2.45, 2.75) is 6.92 Å². The molecule has 14 heavy (non-hydrogen) atoms. The maximum absolute atomic E-state index is 13.5. The van der Waals surface area contributed by atoms with Crippen LogP contribution in [0.5, 0.6) is 0 Å². The summed E-state index contributed by atoms with van der Waals surface area (Å²) < 4.78 is 17.9. The molecule has 72 valence electrons. The molecule has 0 unspecified atom stereocenters. The second-order valence-electron chi connectivity index (χ2n) is 2.85. The fourth-order valence-corrected chi connectivity index (χ4v) is 2.21. The molecular weight excluding hydrogens is 267 g/mol. The summed E-state index contributed by atoms with van der Waals surface area (Å²) in [7, 11) is 0. The minimum atomic E-state index is -0.256. The summed E-state index contributed by atoms with van der Waals surface area (Å²) in [5.41, 5.74) is 1.40. The molecule has 0 radical (unpaired) electrons. The number of aryl methyl sites for hydroxylation is 1. The Kier molecular flexibility index (Phi) is 2.60. The van der Waals surface area contributed by atoms with Gasteiger partial charge in [0.1, 0.15) is 10.8 Å². The van der Waals surface area contributed by atoms with Crippen LogP contribution < -0.4 is 0 Å². The van der Waals surface area contributed by atoms with Gasteiger partial charge in [-0.1, -0.05) is 6.07 Å². The molecule has 2 aromatic rings. The van der Waals surface area contributed by atoms with Crippen molar-refractivity contribution in [3.8, 4) is 10.6 Å². The van der Waals surface area contributed by atoms with Crippen LogP contribution in [0.3, 0.4) is 0 Å². The molecule has 2 nitrogen and oxygen atoms in total. The van der Waals surface area contributed by atoms with Crippen molar-refractivity contribution in [3.63, 3.8) is 0 Å². The van der Waals surface area contributed by atoms with Crippen LogP contribution in [-0.4, -0.2) is 9.36 Å². The third-order valence-corrected chi connectivity index (χ3v) is 3.09. The van der Waals surface area contributed by atoms with Crippen LogP contribution >= 0.6 is 27.5 Å². The highest BCUT2D eigenvalue weighted by Crippen LogP contribution is 2.26. The minimum absolute atomic E-state index is 0.256. The zero-order valence-electron chi connectivity index (χ0n) is 7.29. The van der Waals surface area contributed by atoms with Gasteiger partial charge in [0, 0.05) is 5.56 Å².